The van der Waals surface area contributed by atoms with E-state index in [4.69, 9.17) is 17.3 Å². The van der Waals surface area contributed by atoms with Gasteiger partial charge in [0.15, 0.2) is 0 Å². The van der Waals surface area contributed by atoms with Gasteiger partial charge in [0.25, 0.3) is 0 Å². The minimum Gasteiger partial charge on any atom is -0.368 e. The van der Waals surface area contributed by atoms with Crippen molar-refractivity contribution in [3.8, 4) is 0 Å². The third-order valence-corrected chi connectivity index (χ3v) is 5.53. The number of hydrogen-bond donors (Lipinski definition) is 1. The maximum absolute atomic E-state index is 14.1. The Bertz CT molecular complexity index is 525. The van der Waals surface area contributed by atoms with Crippen LogP contribution >= 0.6 is 11.6 Å². The van der Waals surface area contributed by atoms with Gasteiger partial charge >= 0.3 is 0 Å². The minimum atomic E-state index is -0.231. The minimum absolute atomic E-state index is 0.231. The Morgan fingerprint density at radius 1 is 1.27 bits per heavy atom. The molecule has 2 fully saturated rings. The summed E-state index contributed by atoms with van der Waals surface area (Å²) in [5.74, 6) is -0.231. The standard InChI is InChI=1S/C17H25ClFN3/c1-21(17-5-3-2-4-15(17)20)13-8-9-22(11-13)16-7-6-12(18)10-14(16)19/h6-7,10,13,15,17H,2-5,8-9,11,20H2,1H3/t13-,15-,17-/m1/s1. The van der Waals surface area contributed by atoms with Crippen LogP contribution in [0.5, 0.6) is 0 Å². The molecule has 1 heterocycles. The molecule has 1 aliphatic heterocycles. The molecule has 3 rings (SSSR count). The van der Waals surface area contributed by atoms with Crippen molar-refractivity contribution in [3.05, 3.63) is 29.0 Å². The number of nitrogens with two attached hydrogens (primary N) is 1. The highest BCUT2D eigenvalue weighted by molar-refractivity contribution is 6.30. The quantitative estimate of drug-likeness (QED) is 0.926. The van der Waals surface area contributed by atoms with Crippen molar-refractivity contribution in [3.63, 3.8) is 0 Å². The molecule has 1 aromatic carbocycles. The third kappa shape index (κ3) is 3.24. The highest BCUT2D eigenvalue weighted by Gasteiger charge is 2.34. The van der Waals surface area contributed by atoms with Gasteiger partial charge in [-0.25, -0.2) is 4.39 Å². The van der Waals surface area contributed by atoms with Crippen LogP contribution in [-0.4, -0.2) is 43.2 Å². The first-order valence-corrected chi connectivity index (χ1v) is 8.61. The Morgan fingerprint density at radius 2 is 2.05 bits per heavy atom. The maximum atomic E-state index is 14.1. The lowest BCUT2D eigenvalue weighted by Gasteiger charge is -2.39. The van der Waals surface area contributed by atoms with Gasteiger partial charge in [0.1, 0.15) is 5.82 Å². The van der Waals surface area contributed by atoms with E-state index in [1.807, 2.05) is 0 Å². The Balaban J connectivity index is 1.66. The molecule has 1 saturated carbocycles. The summed E-state index contributed by atoms with van der Waals surface area (Å²) in [6.45, 7) is 1.74. The van der Waals surface area contributed by atoms with Crippen molar-refractivity contribution < 1.29 is 4.39 Å². The average molecular weight is 326 g/mol. The van der Waals surface area contributed by atoms with Gasteiger partial charge in [-0.3, -0.25) is 4.90 Å². The Kier molecular flexibility index (Phi) is 4.91. The van der Waals surface area contributed by atoms with Crippen molar-refractivity contribution >= 4 is 17.3 Å². The third-order valence-electron chi connectivity index (χ3n) is 5.29. The molecule has 5 heteroatoms. The molecular weight excluding hydrogens is 301 g/mol. The van der Waals surface area contributed by atoms with Gasteiger partial charge in [-0.05, 0) is 44.5 Å². The number of anilines is 1. The smallest absolute Gasteiger partial charge is 0.147 e. The van der Waals surface area contributed by atoms with E-state index in [9.17, 15) is 4.39 Å². The van der Waals surface area contributed by atoms with Crippen LogP contribution in [0.4, 0.5) is 10.1 Å². The Morgan fingerprint density at radius 3 is 2.77 bits per heavy atom. The first kappa shape index (κ1) is 16.0. The van der Waals surface area contributed by atoms with E-state index in [1.54, 1.807) is 12.1 Å². The topological polar surface area (TPSA) is 32.5 Å². The zero-order valence-electron chi connectivity index (χ0n) is 13.1. The summed E-state index contributed by atoms with van der Waals surface area (Å²) in [6.07, 6.45) is 5.88. The molecule has 1 saturated heterocycles. The predicted octanol–water partition coefficient (Wildman–Crippen LogP) is 3.26. The first-order valence-electron chi connectivity index (χ1n) is 8.24. The fourth-order valence-electron chi connectivity index (χ4n) is 3.95. The summed E-state index contributed by atoms with van der Waals surface area (Å²) in [4.78, 5) is 4.57. The van der Waals surface area contributed by atoms with Crippen LogP contribution in [0.1, 0.15) is 32.1 Å². The molecule has 2 aliphatic rings. The van der Waals surface area contributed by atoms with E-state index < -0.39 is 0 Å². The molecule has 1 aliphatic carbocycles. The lowest BCUT2D eigenvalue weighted by Crippen LogP contribution is -2.52. The maximum Gasteiger partial charge on any atom is 0.147 e. The Labute approximate surface area is 137 Å². The first-order chi connectivity index (χ1) is 10.6. The summed E-state index contributed by atoms with van der Waals surface area (Å²) in [6, 6.07) is 6.13. The largest absolute Gasteiger partial charge is 0.368 e. The number of likely N-dealkylation sites (N-methyl/N-ethyl adjacent to an activating group) is 1. The second kappa shape index (κ2) is 6.73. The van der Waals surface area contributed by atoms with Gasteiger partial charge < -0.3 is 10.6 Å². The van der Waals surface area contributed by atoms with Crippen LogP contribution in [0.25, 0.3) is 0 Å². The summed E-state index contributed by atoms with van der Waals surface area (Å²) < 4.78 is 14.1. The number of nitrogens with zero attached hydrogens (tertiary/aromatic N) is 2. The average Bonchev–Trinajstić information content (AvgIpc) is 2.96. The van der Waals surface area contributed by atoms with Crippen molar-refractivity contribution in [2.75, 3.05) is 25.0 Å². The summed E-state index contributed by atoms with van der Waals surface area (Å²) in [5, 5.41) is 0.447. The lowest BCUT2D eigenvalue weighted by atomic mass is 9.89. The van der Waals surface area contributed by atoms with E-state index >= 15 is 0 Å². The molecule has 0 aromatic heterocycles. The molecule has 3 atom stereocenters. The van der Waals surface area contributed by atoms with Gasteiger partial charge in [0.05, 0.1) is 5.69 Å². The molecule has 0 amide bonds. The molecule has 0 spiro atoms. The molecule has 22 heavy (non-hydrogen) atoms. The molecule has 0 unspecified atom stereocenters. The monoisotopic (exact) mass is 325 g/mol. The van der Waals surface area contributed by atoms with Crippen molar-refractivity contribution in [1.29, 1.82) is 0 Å². The van der Waals surface area contributed by atoms with Gasteiger partial charge in [-0.1, -0.05) is 24.4 Å². The molecule has 2 N–H and O–H groups in total. The van der Waals surface area contributed by atoms with Crippen molar-refractivity contribution in [1.82, 2.24) is 4.90 Å². The molecular formula is C17H25ClFN3. The zero-order valence-corrected chi connectivity index (χ0v) is 13.9. The fourth-order valence-corrected chi connectivity index (χ4v) is 4.11. The van der Waals surface area contributed by atoms with E-state index in [0.717, 1.165) is 25.9 Å². The van der Waals surface area contributed by atoms with Gasteiger partial charge in [0.2, 0.25) is 0 Å². The highest BCUT2D eigenvalue weighted by Crippen LogP contribution is 2.30. The summed E-state index contributed by atoms with van der Waals surface area (Å²) in [7, 11) is 2.18. The number of rotatable bonds is 3. The zero-order chi connectivity index (χ0) is 15.7. The van der Waals surface area contributed by atoms with Crippen LogP contribution in [0.3, 0.4) is 0 Å². The second-order valence-corrected chi connectivity index (χ2v) is 7.10. The summed E-state index contributed by atoms with van der Waals surface area (Å²) in [5.41, 5.74) is 6.96. The summed E-state index contributed by atoms with van der Waals surface area (Å²) >= 11 is 5.84. The normalized spacial score (nSPS) is 29.3. The predicted molar refractivity (Wildman–Crippen MR) is 90.0 cm³/mol. The van der Waals surface area contributed by atoms with E-state index in [1.165, 1.54) is 25.3 Å². The lowest BCUT2D eigenvalue weighted by molar-refractivity contribution is 0.129. The van der Waals surface area contributed by atoms with Gasteiger partial charge in [-0.15, -0.1) is 0 Å². The van der Waals surface area contributed by atoms with Gasteiger partial charge in [0, 0.05) is 36.2 Å². The highest BCUT2D eigenvalue weighted by atomic mass is 35.5. The van der Waals surface area contributed by atoms with Crippen molar-refractivity contribution in [2.45, 2.75) is 50.2 Å². The SMILES string of the molecule is CN([C@@H]1CCN(c2ccc(Cl)cc2F)C1)[C@@H]1CCCC[C@H]1N. The van der Waals surface area contributed by atoms with Crippen LogP contribution in [0, 0.1) is 5.82 Å². The number of halogens is 2. The van der Waals surface area contributed by atoms with Crippen LogP contribution < -0.4 is 10.6 Å². The number of hydrogen-bond acceptors (Lipinski definition) is 3. The molecule has 122 valence electrons. The molecule has 1 aromatic rings. The van der Waals surface area contributed by atoms with Crippen LogP contribution in [-0.2, 0) is 0 Å². The van der Waals surface area contributed by atoms with E-state index in [-0.39, 0.29) is 11.9 Å². The van der Waals surface area contributed by atoms with Crippen LogP contribution in [0.15, 0.2) is 18.2 Å². The van der Waals surface area contributed by atoms with Gasteiger partial charge in [-0.2, -0.15) is 0 Å². The van der Waals surface area contributed by atoms with Crippen molar-refractivity contribution in [2.24, 2.45) is 5.73 Å². The van der Waals surface area contributed by atoms with Crippen LogP contribution in [0.2, 0.25) is 5.02 Å². The second-order valence-electron chi connectivity index (χ2n) is 6.67. The number of benzene rings is 1. The Hall–Kier alpha value is -0.840. The fraction of sp³-hybridized carbons (Fsp3) is 0.647. The molecule has 0 bridgehead atoms. The van der Waals surface area contributed by atoms with E-state index in [0.29, 0.717) is 22.8 Å². The molecule has 3 nitrogen and oxygen atoms in total. The molecule has 0 radical (unpaired) electrons. The van der Waals surface area contributed by atoms with E-state index in [2.05, 4.69) is 16.8 Å².